The molecule has 0 fully saturated rings. The minimum Gasteiger partial charge on any atom is -0.463 e. The van der Waals surface area contributed by atoms with Crippen molar-refractivity contribution in [1.29, 1.82) is 0 Å². The SMILES string of the molecule is CCN(Cc1ccc(CNC(C)C)o1)Cc1cccs1. The molecule has 0 saturated heterocycles. The summed E-state index contributed by atoms with van der Waals surface area (Å²) in [4.78, 5) is 3.80. The van der Waals surface area contributed by atoms with Gasteiger partial charge in [-0.05, 0) is 30.1 Å². The standard InChI is InChI=1S/C16H24N2OS/c1-4-18(12-16-6-5-9-20-16)11-15-8-7-14(19-15)10-17-13(2)3/h5-9,13,17H,4,10-12H2,1-3H3. The van der Waals surface area contributed by atoms with Gasteiger partial charge < -0.3 is 9.73 Å². The van der Waals surface area contributed by atoms with Gasteiger partial charge in [0.1, 0.15) is 11.5 Å². The van der Waals surface area contributed by atoms with E-state index in [9.17, 15) is 0 Å². The molecule has 0 unspecified atom stereocenters. The van der Waals surface area contributed by atoms with Gasteiger partial charge in [0.2, 0.25) is 0 Å². The van der Waals surface area contributed by atoms with Gasteiger partial charge in [0.05, 0.1) is 13.1 Å². The maximum absolute atomic E-state index is 5.88. The molecule has 110 valence electrons. The molecule has 0 aliphatic heterocycles. The van der Waals surface area contributed by atoms with Crippen molar-refractivity contribution in [2.75, 3.05) is 6.54 Å². The molecule has 0 aromatic carbocycles. The zero-order valence-electron chi connectivity index (χ0n) is 12.6. The van der Waals surface area contributed by atoms with Crippen LogP contribution in [0.15, 0.2) is 34.1 Å². The van der Waals surface area contributed by atoms with Crippen molar-refractivity contribution in [2.45, 2.75) is 46.4 Å². The van der Waals surface area contributed by atoms with Crippen LogP contribution in [0.2, 0.25) is 0 Å². The van der Waals surface area contributed by atoms with E-state index in [1.807, 2.05) is 11.3 Å². The van der Waals surface area contributed by atoms with Gasteiger partial charge in [0.25, 0.3) is 0 Å². The zero-order chi connectivity index (χ0) is 14.4. The molecule has 2 rings (SSSR count). The van der Waals surface area contributed by atoms with E-state index in [-0.39, 0.29) is 0 Å². The van der Waals surface area contributed by atoms with Crippen LogP contribution in [0.1, 0.15) is 37.2 Å². The molecule has 0 saturated carbocycles. The summed E-state index contributed by atoms with van der Waals surface area (Å²) in [6.07, 6.45) is 0. The van der Waals surface area contributed by atoms with Gasteiger partial charge in [-0.1, -0.05) is 26.8 Å². The Bertz CT molecular complexity index is 490. The summed E-state index contributed by atoms with van der Waals surface area (Å²) in [5.74, 6) is 2.06. The fourth-order valence-corrected chi connectivity index (χ4v) is 2.78. The lowest BCUT2D eigenvalue weighted by Gasteiger charge is -2.18. The molecule has 0 amide bonds. The summed E-state index contributed by atoms with van der Waals surface area (Å²) in [7, 11) is 0. The molecule has 0 spiro atoms. The van der Waals surface area contributed by atoms with Crippen LogP contribution in [-0.4, -0.2) is 17.5 Å². The van der Waals surface area contributed by atoms with Crippen LogP contribution in [0.3, 0.4) is 0 Å². The second-order valence-corrected chi connectivity index (χ2v) is 6.32. The van der Waals surface area contributed by atoms with Crippen LogP contribution < -0.4 is 5.32 Å². The molecule has 0 aliphatic carbocycles. The number of hydrogen-bond acceptors (Lipinski definition) is 4. The van der Waals surface area contributed by atoms with Crippen LogP contribution in [0.4, 0.5) is 0 Å². The number of thiophene rings is 1. The maximum Gasteiger partial charge on any atom is 0.118 e. The highest BCUT2D eigenvalue weighted by molar-refractivity contribution is 7.09. The third-order valence-electron chi connectivity index (χ3n) is 3.19. The molecule has 20 heavy (non-hydrogen) atoms. The minimum absolute atomic E-state index is 0.481. The van der Waals surface area contributed by atoms with E-state index in [0.29, 0.717) is 6.04 Å². The summed E-state index contributed by atoms with van der Waals surface area (Å²) in [6.45, 7) is 10.2. The molecule has 1 N–H and O–H groups in total. The van der Waals surface area contributed by atoms with E-state index in [2.05, 4.69) is 60.6 Å². The topological polar surface area (TPSA) is 28.4 Å². The van der Waals surface area contributed by atoms with Gasteiger partial charge in [-0.3, -0.25) is 4.90 Å². The van der Waals surface area contributed by atoms with Crippen molar-refractivity contribution in [2.24, 2.45) is 0 Å². The third kappa shape index (κ3) is 4.78. The van der Waals surface area contributed by atoms with Crippen molar-refractivity contribution in [3.63, 3.8) is 0 Å². The first-order valence-corrected chi connectivity index (χ1v) is 8.11. The molecule has 0 bridgehead atoms. The summed E-state index contributed by atoms with van der Waals surface area (Å²) in [5.41, 5.74) is 0. The summed E-state index contributed by atoms with van der Waals surface area (Å²) < 4.78 is 5.88. The molecular formula is C16H24N2OS. The van der Waals surface area contributed by atoms with Crippen molar-refractivity contribution in [3.05, 3.63) is 46.0 Å². The Labute approximate surface area is 125 Å². The van der Waals surface area contributed by atoms with E-state index >= 15 is 0 Å². The first kappa shape index (κ1) is 15.3. The molecule has 2 heterocycles. The van der Waals surface area contributed by atoms with Crippen molar-refractivity contribution < 1.29 is 4.42 Å². The average molecular weight is 292 g/mol. The Morgan fingerprint density at radius 1 is 1.20 bits per heavy atom. The fourth-order valence-electron chi connectivity index (χ4n) is 2.03. The number of hydrogen-bond donors (Lipinski definition) is 1. The monoisotopic (exact) mass is 292 g/mol. The maximum atomic E-state index is 5.88. The van der Waals surface area contributed by atoms with E-state index in [1.54, 1.807) is 0 Å². The lowest BCUT2D eigenvalue weighted by molar-refractivity contribution is 0.246. The van der Waals surface area contributed by atoms with Gasteiger partial charge >= 0.3 is 0 Å². The van der Waals surface area contributed by atoms with Crippen molar-refractivity contribution in [3.8, 4) is 0 Å². The predicted molar refractivity (Wildman–Crippen MR) is 84.8 cm³/mol. The molecule has 2 aromatic rings. The third-order valence-corrected chi connectivity index (χ3v) is 4.05. The second kappa shape index (κ2) is 7.62. The number of nitrogens with zero attached hydrogens (tertiary/aromatic N) is 1. The van der Waals surface area contributed by atoms with E-state index in [1.165, 1.54) is 4.88 Å². The highest BCUT2D eigenvalue weighted by Crippen LogP contribution is 2.15. The Morgan fingerprint density at radius 2 is 2.00 bits per heavy atom. The highest BCUT2D eigenvalue weighted by atomic mass is 32.1. The lowest BCUT2D eigenvalue weighted by atomic mass is 10.3. The average Bonchev–Trinajstić information content (AvgIpc) is 3.07. The zero-order valence-corrected chi connectivity index (χ0v) is 13.4. The van der Waals surface area contributed by atoms with E-state index in [0.717, 1.165) is 37.7 Å². The van der Waals surface area contributed by atoms with Crippen LogP contribution in [0, 0.1) is 0 Å². The molecule has 0 atom stereocenters. The molecule has 4 heteroatoms. The number of nitrogens with one attached hydrogen (secondary N) is 1. The summed E-state index contributed by atoms with van der Waals surface area (Å²) in [6, 6.07) is 8.94. The Balaban J connectivity index is 1.87. The number of furan rings is 1. The molecule has 2 aromatic heterocycles. The largest absolute Gasteiger partial charge is 0.463 e. The van der Waals surface area contributed by atoms with Gasteiger partial charge in [-0.2, -0.15) is 0 Å². The fraction of sp³-hybridized carbons (Fsp3) is 0.500. The molecule has 0 radical (unpaired) electrons. The van der Waals surface area contributed by atoms with Gasteiger partial charge in [-0.25, -0.2) is 0 Å². The first-order chi connectivity index (χ1) is 9.67. The Kier molecular flexibility index (Phi) is 5.83. The number of rotatable bonds is 8. The van der Waals surface area contributed by atoms with Gasteiger partial charge in [0.15, 0.2) is 0 Å². The second-order valence-electron chi connectivity index (χ2n) is 5.29. The van der Waals surface area contributed by atoms with E-state index in [4.69, 9.17) is 4.42 Å². The molecular weight excluding hydrogens is 268 g/mol. The molecule has 3 nitrogen and oxygen atoms in total. The van der Waals surface area contributed by atoms with Gasteiger partial charge in [0, 0.05) is 17.5 Å². The van der Waals surface area contributed by atoms with Crippen molar-refractivity contribution in [1.82, 2.24) is 10.2 Å². The predicted octanol–water partition coefficient (Wildman–Crippen LogP) is 3.86. The smallest absolute Gasteiger partial charge is 0.118 e. The van der Waals surface area contributed by atoms with Crippen LogP contribution in [-0.2, 0) is 19.6 Å². The minimum atomic E-state index is 0.481. The van der Waals surface area contributed by atoms with Crippen LogP contribution >= 0.6 is 11.3 Å². The highest BCUT2D eigenvalue weighted by Gasteiger charge is 2.09. The van der Waals surface area contributed by atoms with Crippen molar-refractivity contribution >= 4 is 11.3 Å². The molecule has 0 aliphatic rings. The van der Waals surface area contributed by atoms with Crippen LogP contribution in [0.25, 0.3) is 0 Å². The van der Waals surface area contributed by atoms with E-state index < -0.39 is 0 Å². The van der Waals surface area contributed by atoms with Gasteiger partial charge in [-0.15, -0.1) is 11.3 Å². The summed E-state index contributed by atoms with van der Waals surface area (Å²) >= 11 is 1.81. The lowest BCUT2D eigenvalue weighted by Crippen LogP contribution is -2.22. The first-order valence-electron chi connectivity index (χ1n) is 7.23. The quantitative estimate of drug-likeness (QED) is 0.801. The summed E-state index contributed by atoms with van der Waals surface area (Å²) in [5, 5.41) is 5.50. The van der Waals surface area contributed by atoms with Crippen LogP contribution in [0.5, 0.6) is 0 Å². The normalized spacial score (nSPS) is 11.7. The Morgan fingerprint density at radius 3 is 2.65 bits per heavy atom. The Hall–Kier alpha value is -1.10.